The summed E-state index contributed by atoms with van der Waals surface area (Å²) in [7, 11) is -9.47. The maximum absolute atomic E-state index is 10.7. The highest BCUT2D eigenvalue weighted by atomic mass is 32.5. The van der Waals surface area contributed by atoms with Gasteiger partial charge in [0.1, 0.15) is 0 Å². The SMILES string of the molecule is C#CS(F)(F)(F)(F)F. The van der Waals surface area contributed by atoms with Gasteiger partial charge in [-0.3, -0.25) is 0 Å². The molecule has 0 radical (unpaired) electrons. The highest BCUT2D eigenvalue weighted by Gasteiger charge is 2.61. The van der Waals surface area contributed by atoms with Crippen LogP contribution in [-0.2, 0) is 0 Å². The van der Waals surface area contributed by atoms with Crippen LogP contribution in [0.2, 0.25) is 0 Å². The average molecular weight is 152 g/mol. The first-order chi connectivity index (χ1) is 3.04. The molecular weight excluding hydrogens is 151 g/mol. The lowest BCUT2D eigenvalue weighted by molar-refractivity contribution is 0.389. The van der Waals surface area contributed by atoms with Gasteiger partial charge in [0.25, 0.3) is 0 Å². The number of terminal acetylenes is 1. The normalized spacial score (nSPS) is 20.5. The molecule has 0 fully saturated rings. The standard InChI is InChI=1S/C2HF5S/c1-2-8(3,4,5,6)7/h1H. The molecule has 0 aliphatic carbocycles. The van der Waals surface area contributed by atoms with E-state index in [1.165, 1.54) is 0 Å². The zero-order chi connectivity index (χ0) is 7.12. The lowest BCUT2D eigenvalue weighted by atomic mass is 11.4. The van der Waals surface area contributed by atoms with Gasteiger partial charge in [-0.05, 0) is 0 Å². The monoisotopic (exact) mass is 152 g/mol. The molecule has 0 aromatic heterocycles. The van der Waals surface area contributed by atoms with Gasteiger partial charge in [-0.1, -0.05) is 25.9 Å². The van der Waals surface area contributed by atoms with Gasteiger partial charge in [-0.25, -0.2) is 0 Å². The maximum atomic E-state index is 10.7. The van der Waals surface area contributed by atoms with Crippen LogP contribution in [0.4, 0.5) is 19.4 Å². The Morgan fingerprint density at radius 2 is 1.12 bits per heavy atom. The summed E-state index contributed by atoms with van der Waals surface area (Å²) in [4.78, 5) is 0. The zero-order valence-corrected chi connectivity index (χ0v) is 4.19. The number of hydrogen-bond donors (Lipinski definition) is 0. The van der Waals surface area contributed by atoms with E-state index in [9.17, 15) is 19.4 Å². The van der Waals surface area contributed by atoms with Crippen molar-refractivity contribution in [2.24, 2.45) is 0 Å². The van der Waals surface area contributed by atoms with Crippen molar-refractivity contribution >= 4 is 10.2 Å². The van der Waals surface area contributed by atoms with Crippen molar-refractivity contribution in [3.63, 3.8) is 0 Å². The van der Waals surface area contributed by atoms with Gasteiger partial charge in [0.05, 0.1) is 5.25 Å². The molecule has 8 heavy (non-hydrogen) atoms. The molecule has 0 saturated heterocycles. The molecule has 0 atom stereocenters. The highest BCUT2D eigenvalue weighted by molar-refractivity contribution is 8.49. The predicted molar refractivity (Wildman–Crippen MR) is 22.0 cm³/mol. The summed E-state index contributed by atoms with van der Waals surface area (Å²) in [6, 6.07) is 0. The predicted octanol–water partition coefficient (Wildman–Crippen LogP) is 2.88. The summed E-state index contributed by atoms with van der Waals surface area (Å²) >= 11 is 0. The first-order valence-electron chi connectivity index (χ1n) is 1.26. The van der Waals surface area contributed by atoms with Crippen LogP contribution in [0.5, 0.6) is 0 Å². The summed E-state index contributed by atoms with van der Waals surface area (Å²) in [5.74, 6) is 0. The minimum Gasteiger partial charge on any atom is -0.0991 e. The van der Waals surface area contributed by atoms with Crippen molar-refractivity contribution in [3.05, 3.63) is 0 Å². The molecular formula is C2HF5S. The molecule has 0 unspecified atom stereocenters. The van der Waals surface area contributed by atoms with Crippen molar-refractivity contribution < 1.29 is 19.4 Å². The summed E-state index contributed by atoms with van der Waals surface area (Å²) in [6.45, 7) is 0. The maximum Gasteiger partial charge on any atom is 0.344 e. The second-order valence-electron chi connectivity index (χ2n) is 1.09. The van der Waals surface area contributed by atoms with E-state index < -0.39 is 15.5 Å². The molecule has 0 nitrogen and oxygen atoms in total. The van der Waals surface area contributed by atoms with Crippen LogP contribution in [0, 0.1) is 11.7 Å². The minimum absolute atomic E-state index is 0.458. The van der Waals surface area contributed by atoms with E-state index in [1.54, 1.807) is 0 Å². The van der Waals surface area contributed by atoms with Crippen LogP contribution in [0.3, 0.4) is 0 Å². The minimum atomic E-state index is -9.47. The Morgan fingerprint density at radius 1 is 1.00 bits per heavy atom. The average Bonchev–Trinajstić information content (AvgIpc) is 1.30. The topological polar surface area (TPSA) is 0 Å². The molecule has 0 aromatic rings. The Labute approximate surface area is 42.4 Å². The third-order valence-corrected chi connectivity index (χ3v) is 0.668. The van der Waals surface area contributed by atoms with E-state index in [0.717, 1.165) is 0 Å². The van der Waals surface area contributed by atoms with E-state index in [1.807, 2.05) is 0 Å². The summed E-state index contributed by atoms with van der Waals surface area (Å²) in [6.07, 6.45) is 3.50. The van der Waals surface area contributed by atoms with Gasteiger partial charge in [-0.2, -0.15) is 0 Å². The lowest BCUT2D eigenvalue weighted by Crippen LogP contribution is -1.98. The van der Waals surface area contributed by atoms with Crippen molar-refractivity contribution in [2.75, 3.05) is 0 Å². The highest BCUT2D eigenvalue weighted by Crippen LogP contribution is 2.97. The van der Waals surface area contributed by atoms with Crippen molar-refractivity contribution in [1.82, 2.24) is 0 Å². The Balaban J connectivity index is 4.88. The van der Waals surface area contributed by atoms with E-state index in [0.29, 0.717) is 0 Å². The molecule has 0 bridgehead atoms. The first-order valence-corrected chi connectivity index (χ1v) is 3.22. The van der Waals surface area contributed by atoms with Gasteiger partial charge in [0.15, 0.2) is 0 Å². The fraction of sp³-hybridized carbons (Fsp3) is 0. The van der Waals surface area contributed by atoms with Crippen LogP contribution in [0.25, 0.3) is 0 Å². The third kappa shape index (κ3) is 5.56. The van der Waals surface area contributed by atoms with Crippen molar-refractivity contribution in [1.29, 1.82) is 0 Å². The first kappa shape index (κ1) is 7.56. The smallest absolute Gasteiger partial charge is 0.0991 e. The fourth-order valence-electron chi connectivity index (χ4n) is 0. The molecule has 0 rings (SSSR count). The molecule has 50 valence electrons. The van der Waals surface area contributed by atoms with Crippen LogP contribution < -0.4 is 0 Å². The molecule has 0 N–H and O–H groups in total. The van der Waals surface area contributed by atoms with Gasteiger partial charge >= 0.3 is 10.2 Å². The van der Waals surface area contributed by atoms with Crippen LogP contribution in [-0.4, -0.2) is 0 Å². The Kier molecular flexibility index (Phi) is 0.792. The second kappa shape index (κ2) is 0.838. The van der Waals surface area contributed by atoms with Crippen molar-refractivity contribution in [3.8, 4) is 11.7 Å². The van der Waals surface area contributed by atoms with E-state index >= 15 is 0 Å². The molecule has 0 aromatic carbocycles. The molecule has 0 spiro atoms. The molecule has 6 heteroatoms. The quantitative estimate of drug-likeness (QED) is 0.369. The number of hydrogen-bond acceptors (Lipinski definition) is 0. The second-order valence-corrected chi connectivity index (χ2v) is 3.26. The largest absolute Gasteiger partial charge is 0.344 e. The summed E-state index contributed by atoms with van der Waals surface area (Å²) in [5.41, 5.74) is 0. The van der Waals surface area contributed by atoms with E-state index in [2.05, 4.69) is 6.42 Å². The van der Waals surface area contributed by atoms with E-state index in [-0.39, 0.29) is 0 Å². The Morgan fingerprint density at radius 3 is 1.12 bits per heavy atom. The van der Waals surface area contributed by atoms with Crippen molar-refractivity contribution in [2.45, 2.75) is 0 Å². The summed E-state index contributed by atoms with van der Waals surface area (Å²) < 4.78 is 53.5. The Bertz CT molecular complexity index is 141. The van der Waals surface area contributed by atoms with Crippen LogP contribution >= 0.6 is 10.2 Å². The van der Waals surface area contributed by atoms with E-state index in [4.69, 9.17) is 0 Å². The number of halogens is 5. The lowest BCUT2D eigenvalue weighted by Gasteiger charge is -2.33. The molecule has 0 amide bonds. The fourth-order valence-corrected chi connectivity index (χ4v) is 0. The summed E-state index contributed by atoms with van der Waals surface area (Å²) in [5, 5.41) is -0.458. The molecule has 0 aliphatic heterocycles. The van der Waals surface area contributed by atoms with Gasteiger partial charge < -0.3 is 0 Å². The zero-order valence-electron chi connectivity index (χ0n) is 3.38. The van der Waals surface area contributed by atoms with Crippen LogP contribution in [0.1, 0.15) is 0 Å². The van der Waals surface area contributed by atoms with Gasteiger partial charge in [0.2, 0.25) is 0 Å². The molecule has 0 saturated carbocycles. The van der Waals surface area contributed by atoms with Crippen LogP contribution in [0.15, 0.2) is 0 Å². The number of rotatable bonds is 0. The Hall–Kier alpha value is -0.440. The van der Waals surface area contributed by atoms with Gasteiger partial charge in [-0.15, -0.1) is 0 Å². The third-order valence-electron chi connectivity index (χ3n) is 0.223. The molecule has 0 heterocycles. The molecule has 0 aliphatic rings. The van der Waals surface area contributed by atoms with Gasteiger partial charge in [0, 0.05) is 0 Å².